The van der Waals surface area contributed by atoms with Gasteiger partial charge < -0.3 is 5.73 Å². The highest BCUT2D eigenvalue weighted by molar-refractivity contribution is 7.92. The van der Waals surface area contributed by atoms with E-state index in [1.165, 1.54) is 6.07 Å². The van der Waals surface area contributed by atoms with Crippen molar-refractivity contribution in [2.24, 2.45) is 11.1 Å². The van der Waals surface area contributed by atoms with Gasteiger partial charge in [0.05, 0.1) is 10.1 Å². The molecule has 2 N–H and O–H groups in total. The second-order valence-electron chi connectivity index (χ2n) is 5.59. The maximum atomic E-state index is 12.5. The largest absolute Gasteiger partial charge is 0.326 e. The first-order chi connectivity index (χ1) is 8.25. The predicted octanol–water partition coefficient (Wildman–Crippen LogP) is 2.63. The van der Waals surface area contributed by atoms with Crippen molar-refractivity contribution in [3.63, 3.8) is 0 Å². The summed E-state index contributed by atoms with van der Waals surface area (Å²) in [5.74, 6) is 0. The minimum absolute atomic E-state index is 0.129. The highest BCUT2D eigenvalue weighted by Gasteiger charge is 2.46. The molecule has 0 heterocycles. The van der Waals surface area contributed by atoms with Crippen LogP contribution in [0.15, 0.2) is 29.2 Å². The van der Waals surface area contributed by atoms with Gasteiger partial charge in [0.25, 0.3) is 0 Å². The number of hydrogen-bond donors (Lipinski definition) is 1. The van der Waals surface area contributed by atoms with Crippen LogP contribution in [0.3, 0.4) is 0 Å². The zero-order valence-electron chi connectivity index (χ0n) is 10.6. The number of nitrogens with two attached hydrogens (primary N) is 1. The second kappa shape index (κ2) is 4.51. The Kier molecular flexibility index (Phi) is 3.47. The summed E-state index contributed by atoms with van der Waals surface area (Å²) < 4.78 is 25.1. The lowest BCUT2D eigenvalue weighted by molar-refractivity contribution is 0.332. The van der Waals surface area contributed by atoms with E-state index in [1.54, 1.807) is 18.2 Å². The molecule has 2 unspecified atom stereocenters. The van der Waals surface area contributed by atoms with Crippen molar-refractivity contribution in [3.05, 3.63) is 29.3 Å². The molecular formula is C13H18ClNO2S. The molecule has 18 heavy (non-hydrogen) atoms. The van der Waals surface area contributed by atoms with Crippen LogP contribution in [0, 0.1) is 5.41 Å². The molecule has 0 aromatic heterocycles. The fourth-order valence-corrected chi connectivity index (χ4v) is 4.88. The predicted molar refractivity (Wildman–Crippen MR) is 73.4 cm³/mol. The molecule has 0 spiro atoms. The fourth-order valence-electron chi connectivity index (χ4n) is 2.53. The van der Waals surface area contributed by atoms with Gasteiger partial charge in [-0.15, -0.1) is 0 Å². The number of hydrogen-bond acceptors (Lipinski definition) is 3. The Morgan fingerprint density at radius 1 is 1.39 bits per heavy atom. The van der Waals surface area contributed by atoms with Crippen molar-refractivity contribution >= 4 is 21.4 Å². The van der Waals surface area contributed by atoms with Crippen LogP contribution >= 0.6 is 11.6 Å². The lowest BCUT2D eigenvalue weighted by atomic mass is 9.88. The molecule has 100 valence electrons. The first-order valence-electron chi connectivity index (χ1n) is 6.00. The van der Waals surface area contributed by atoms with Crippen molar-refractivity contribution in [2.45, 2.75) is 42.9 Å². The summed E-state index contributed by atoms with van der Waals surface area (Å²) in [5.41, 5.74) is 5.98. The first-order valence-corrected chi connectivity index (χ1v) is 7.92. The second-order valence-corrected chi connectivity index (χ2v) is 8.20. The Morgan fingerprint density at radius 2 is 2.06 bits per heavy atom. The number of halogens is 1. The Balaban J connectivity index is 2.39. The molecule has 0 bridgehead atoms. The summed E-state index contributed by atoms with van der Waals surface area (Å²) >= 11 is 5.85. The molecule has 0 amide bonds. The number of sulfone groups is 1. The van der Waals surface area contributed by atoms with Gasteiger partial charge in [0.2, 0.25) is 0 Å². The quantitative estimate of drug-likeness (QED) is 0.909. The van der Waals surface area contributed by atoms with Crippen molar-refractivity contribution < 1.29 is 8.42 Å². The van der Waals surface area contributed by atoms with Crippen LogP contribution in [0.2, 0.25) is 5.02 Å². The number of benzene rings is 1. The molecule has 1 aliphatic rings. The summed E-state index contributed by atoms with van der Waals surface area (Å²) in [5, 5.41) is -0.0760. The molecule has 5 heteroatoms. The van der Waals surface area contributed by atoms with Gasteiger partial charge in [-0.3, -0.25) is 0 Å². The topological polar surface area (TPSA) is 60.2 Å². The molecule has 2 atom stereocenters. The van der Waals surface area contributed by atoms with E-state index in [2.05, 4.69) is 0 Å². The van der Waals surface area contributed by atoms with Gasteiger partial charge in [0.15, 0.2) is 9.84 Å². The van der Waals surface area contributed by atoms with Gasteiger partial charge >= 0.3 is 0 Å². The minimum Gasteiger partial charge on any atom is -0.326 e. The highest BCUT2D eigenvalue weighted by Crippen LogP contribution is 2.41. The standard InChI is InChI=1S/C13H18ClNO2S/c1-13(2)7-6-11(12(13)15)18(16,17)10-5-3-4-9(14)8-10/h3-5,8,11-12H,6-7,15H2,1-2H3. The van der Waals surface area contributed by atoms with Crippen molar-refractivity contribution in [3.8, 4) is 0 Å². The van der Waals surface area contributed by atoms with Gasteiger partial charge in [-0.25, -0.2) is 8.42 Å². The van der Waals surface area contributed by atoms with Crippen LogP contribution in [-0.2, 0) is 9.84 Å². The first kappa shape index (κ1) is 13.8. The Bertz CT molecular complexity index is 554. The maximum absolute atomic E-state index is 12.5. The molecule has 1 aromatic rings. The molecule has 1 aliphatic carbocycles. The molecule has 1 aromatic carbocycles. The number of rotatable bonds is 2. The monoisotopic (exact) mass is 287 g/mol. The third-order valence-corrected chi connectivity index (χ3v) is 6.37. The minimum atomic E-state index is -3.39. The van der Waals surface area contributed by atoms with Gasteiger partial charge in [0.1, 0.15) is 0 Å². The van der Waals surface area contributed by atoms with Crippen LogP contribution in [-0.4, -0.2) is 19.7 Å². The fraction of sp³-hybridized carbons (Fsp3) is 0.538. The Labute approximate surface area is 113 Å². The zero-order valence-corrected chi connectivity index (χ0v) is 12.1. The molecule has 3 nitrogen and oxygen atoms in total. The summed E-state index contributed by atoms with van der Waals surface area (Å²) in [4.78, 5) is 0.271. The molecule has 0 aliphatic heterocycles. The Hall–Kier alpha value is -0.580. The molecule has 0 saturated heterocycles. The van der Waals surface area contributed by atoms with E-state index in [4.69, 9.17) is 17.3 Å². The molecule has 1 fully saturated rings. The average molecular weight is 288 g/mol. The highest BCUT2D eigenvalue weighted by atomic mass is 35.5. The van der Waals surface area contributed by atoms with E-state index in [-0.39, 0.29) is 16.4 Å². The van der Waals surface area contributed by atoms with Crippen molar-refractivity contribution in [2.75, 3.05) is 0 Å². The normalized spacial score (nSPS) is 27.3. The van der Waals surface area contributed by atoms with E-state index >= 15 is 0 Å². The van der Waals surface area contributed by atoms with E-state index < -0.39 is 15.1 Å². The zero-order chi connectivity index (χ0) is 13.6. The van der Waals surface area contributed by atoms with Gasteiger partial charge in [-0.1, -0.05) is 31.5 Å². The molecular weight excluding hydrogens is 270 g/mol. The maximum Gasteiger partial charge on any atom is 0.182 e. The van der Waals surface area contributed by atoms with Crippen molar-refractivity contribution in [1.82, 2.24) is 0 Å². The van der Waals surface area contributed by atoms with E-state index in [0.29, 0.717) is 11.4 Å². The van der Waals surface area contributed by atoms with E-state index in [0.717, 1.165) is 6.42 Å². The van der Waals surface area contributed by atoms with Crippen LogP contribution in [0.4, 0.5) is 0 Å². The summed E-state index contributed by atoms with van der Waals surface area (Å²) in [6, 6.07) is 6.06. The lowest BCUT2D eigenvalue weighted by Crippen LogP contribution is -2.43. The SMILES string of the molecule is CC1(C)CCC(S(=O)(=O)c2cccc(Cl)c2)C1N. The summed E-state index contributed by atoms with van der Waals surface area (Å²) in [6.45, 7) is 4.04. The smallest absolute Gasteiger partial charge is 0.182 e. The Morgan fingerprint density at radius 3 is 2.56 bits per heavy atom. The van der Waals surface area contributed by atoms with Crippen LogP contribution in [0.5, 0.6) is 0 Å². The lowest BCUT2D eigenvalue weighted by Gasteiger charge is -2.26. The molecule has 0 radical (unpaired) electrons. The van der Waals surface area contributed by atoms with Gasteiger partial charge in [-0.2, -0.15) is 0 Å². The third kappa shape index (κ3) is 2.29. The van der Waals surface area contributed by atoms with Crippen LogP contribution in [0.25, 0.3) is 0 Å². The van der Waals surface area contributed by atoms with Gasteiger partial charge in [-0.05, 0) is 36.5 Å². The van der Waals surface area contributed by atoms with E-state index in [1.807, 2.05) is 13.8 Å². The third-order valence-electron chi connectivity index (χ3n) is 3.90. The summed E-state index contributed by atoms with van der Waals surface area (Å²) in [6.07, 6.45) is 1.45. The molecule has 2 rings (SSSR count). The van der Waals surface area contributed by atoms with Crippen LogP contribution < -0.4 is 5.73 Å². The average Bonchev–Trinajstić information content (AvgIpc) is 2.54. The van der Waals surface area contributed by atoms with Crippen molar-refractivity contribution in [1.29, 1.82) is 0 Å². The summed E-state index contributed by atoms with van der Waals surface area (Å²) in [7, 11) is -3.39. The van der Waals surface area contributed by atoms with Gasteiger partial charge in [0, 0.05) is 11.1 Å². The van der Waals surface area contributed by atoms with E-state index in [9.17, 15) is 8.42 Å². The van der Waals surface area contributed by atoms with Crippen LogP contribution in [0.1, 0.15) is 26.7 Å². The molecule has 1 saturated carbocycles.